The van der Waals surface area contributed by atoms with E-state index in [9.17, 15) is 13.2 Å². The largest absolute Gasteiger partial charge is 0.373 e. The second kappa shape index (κ2) is 8.37. The predicted molar refractivity (Wildman–Crippen MR) is 138 cm³/mol. The van der Waals surface area contributed by atoms with E-state index in [1.807, 2.05) is 13.8 Å². The van der Waals surface area contributed by atoms with Crippen LogP contribution in [-0.2, 0) is 27.6 Å². The first-order valence-corrected chi connectivity index (χ1v) is 14.0. The van der Waals surface area contributed by atoms with Gasteiger partial charge in [0.05, 0.1) is 27.3 Å². The summed E-state index contributed by atoms with van der Waals surface area (Å²) < 4.78 is 34.3. The van der Waals surface area contributed by atoms with Crippen molar-refractivity contribution < 1.29 is 17.9 Å². The maximum absolute atomic E-state index is 13.1. The van der Waals surface area contributed by atoms with Gasteiger partial charge in [-0.2, -0.15) is 4.31 Å². The Balaban J connectivity index is 1.24. The van der Waals surface area contributed by atoms with Crippen LogP contribution in [0.15, 0.2) is 53.4 Å². The molecule has 7 nitrogen and oxygen atoms in total. The number of hydrogen-bond acceptors (Lipinski definition) is 6. The number of anilines is 1. The number of carbonyl (C=O) groups excluding carboxylic acids is 1. The molecule has 1 fully saturated rings. The summed E-state index contributed by atoms with van der Waals surface area (Å²) in [7, 11) is -3.66. The molecule has 1 aromatic heterocycles. The van der Waals surface area contributed by atoms with Crippen molar-refractivity contribution >= 4 is 53.4 Å². The van der Waals surface area contributed by atoms with E-state index < -0.39 is 10.0 Å². The number of morpholine rings is 1. The van der Waals surface area contributed by atoms with Gasteiger partial charge in [-0.25, -0.2) is 13.4 Å². The number of nitrogens with one attached hydrogen (secondary N) is 1. The number of thiazole rings is 1. The number of hydrogen-bond donors (Lipinski definition) is 1. The zero-order chi connectivity index (χ0) is 24.3. The Kier molecular flexibility index (Phi) is 5.41. The minimum Gasteiger partial charge on any atom is -0.373 e. The molecule has 1 aliphatic heterocycles. The molecule has 0 spiro atoms. The highest BCUT2D eigenvalue weighted by atomic mass is 32.2. The molecule has 6 rings (SSSR count). The summed E-state index contributed by atoms with van der Waals surface area (Å²) in [6, 6.07) is 14.6. The average Bonchev–Trinajstić information content (AvgIpc) is 3.43. The van der Waals surface area contributed by atoms with E-state index in [1.54, 1.807) is 12.1 Å². The highest BCUT2D eigenvalue weighted by Crippen LogP contribution is 2.39. The van der Waals surface area contributed by atoms with Crippen LogP contribution in [0, 0.1) is 0 Å². The third kappa shape index (κ3) is 3.92. The molecule has 2 atom stereocenters. The number of ether oxygens (including phenoxy) is 1. The van der Waals surface area contributed by atoms with Crippen LogP contribution in [0.3, 0.4) is 0 Å². The molecule has 1 N–H and O–H groups in total. The number of sulfonamides is 1. The fourth-order valence-corrected chi connectivity index (χ4v) is 7.71. The van der Waals surface area contributed by atoms with E-state index in [4.69, 9.17) is 9.72 Å². The SMILES string of the molecule is C[C@@H]1CN(S(=O)(=O)c2ccc(C(=O)Nc3nc4c(cc5c6c(cccc64)CC5)s3)cc2)C[C@H](C)O1. The van der Waals surface area contributed by atoms with Gasteiger partial charge < -0.3 is 4.74 Å². The molecule has 0 radical (unpaired) electrons. The molecule has 2 aliphatic rings. The second-order valence-electron chi connectivity index (χ2n) is 9.30. The first kappa shape index (κ1) is 22.6. The van der Waals surface area contributed by atoms with Crippen LogP contribution in [0.5, 0.6) is 0 Å². The first-order valence-electron chi connectivity index (χ1n) is 11.7. The molecule has 0 unspecified atom stereocenters. The average molecular weight is 508 g/mol. The fraction of sp³-hybridized carbons (Fsp3) is 0.308. The number of nitrogens with zero attached hydrogens (tertiary/aromatic N) is 2. The topological polar surface area (TPSA) is 88.6 Å². The minimum absolute atomic E-state index is 0.166. The van der Waals surface area contributed by atoms with Crippen molar-refractivity contribution in [3.05, 3.63) is 65.2 Å². The Bertz CT molecular complexity index is 1570. The van der Waals surface area contributed by atoms with Crippen molar-refractivity contribution in [3.8, 4) is 0 Å². The standard InChI is InChI=1S/C26H25N3O4S2/c1-15-13-29(14-16(2)33-15)35(31,32)20-10-8-18(9-11-20)25(30)28-26-27-24-21-5-3-4-17-6-7-19(23(17)21)12-22(24)34-26/h3-5,8-12,15-16H,6-7,13-14H2,1-2H3,(H,27,28,30)/t15-,16+. The molecular formula is C26H25N3O4S2. The van der Waals surface area contributed by atoms with Gasteiger partial charge in [0.1, 0.15) is 0 Å². The molecule has 0 saturated carbocycles. The first-order chi connectivity index (χ1) is 16.8. The summed E-state index contributed by atoms with van der Waals surface area (Å²) in [5, 5.41) is 5.85. The zero-order valence-electron chi connectivity index (χ0n) is 19.4. The molecule has 1 amide bonds. The van der Waals surface area contributed by atoms with Crippen molar-refractivity contribution in [2.24, 2.45) is 0 Å². The van der Waals surface area contributed by atoms with Crippen LogP contribution in [0.1, 0.15) is 35.3 Å². The van der Waals surface area contributed by atoms with Crippen LogP contribution in [0.25, 0.3) is 21.0 Å². The normalized spacial score (nSPS) is 20.5. The molecule has 2 heterocycles. The molecule has 1 aliphatic carbocycles. The Morgan fingerprint density at radius 3 is 2.51 bits per heavy atom. The number of aryl methyl sites for hydroxylation is 2. The van der Waals surface area contributed by atoms with Gasteiger partial charge in [-0.15, -0.1) is 0 Å². The van der Waals surface area contributed by atoms with E-state index >= 15 is 0 Å². The van der Waals surface area contributed by atoms with E-state index in [1.165, 1.54) is 44.3 Å². The zero-order valence-corrected chi connectivity index (χ0v) is 21.1. The van der Waals surface area contributed by atoms with Gasteiger partial charge in [-0.05, 0) is 73.5 Å². The van der Waals surface area contributed by atoms with E-state index in [0.29, 0.717) is 23.8 Å². The summed E-state index contributed by atoms with van der Waals surface area (Å²) in [6.45, 7) is 4.35. The lowest BCUT2D eigenvalue weighted by Crippen LogP contribution is -2.48. The Morgan fingerprint density at radius 1 is 1.06 bits per heavy atom. The summed E-state index contributed by atoms with van der Waals surface area (Å²) in [4.78, 5) is 17.8. The molecule has 35 heavy (non-hydrogen) atoms. The van der Waals surface area contributed by atoms with Crippen LogP contribution >= 0.6 is 11.3 Å². The Hall–Kier alpha value is -2.85. The molecule has 0 bridgehead atoms. The monoisotopic (exact) mass is 507 g/mol. The van der Waals surface area contributed by atoms with Crippen molar-refractivity contribution in [1.82, 2.24) is 9.29 Å². The number of rotatable bonds is 4. The number of benzene rings is 3. The Morgan fingerprint density at radius 2 is 1.77 bits per heavy atom. The van der Waals surface area contributed by atoms with Gasteiger partial charge in [0, 0.05) is 24.0 Å². The lowest BCUT2D eigenvalue weighted by molar-refractivity contribution is -0.0440. The van der Waals surface area contributed by atoms with Crippen molar-refractivity contribution in [2.75, 3.05) is 18.4 Å². The van der Waals surface area contributed by atoms with Gasteiger partial charge in [0.15, 0.2) is 5.13 Å². The Labute approximate surface area is 207 Å². The summed E-state index contributed by atoms with van der Waals surface area (Å²) in [6.07, 6.45) is 1.76. The van der Waals surface area contributed by atoms with Crippen LogP contribution in [0.4, 0.5) is 5.13 Å². The quantitative estimate of drug-likeness (QED) is 0.436. The van der Waals surface area contributed by atoms with Crippen molar-refractivity contribution in [3.63, 3.8) is 0 Å². The van der Waals surface area contributed by atoms with Crippen molar-refractivity contribution in [1.29, 1.82) is 0 Å². The van der Waals surface area contributed by atoms with Crippen LogP contribution in [-0.4, -0.2) is 48.9 Å². The predicted octanol–water partition coefficient (Wildman–Crippen LogP) is 4.60. The van der Waals surface area contributed by atoms with Gasteiger partial charge in [0.25, 0.3) is 5.91 Å². The highest BCUT2D eigenvalue weighted by molar-refractivity contribution is 7.89. The summed E-state index contributed by atoms with van der Waals surface area (Å²) in [5.74, 6) is -0.320. The lowest BCUT2D eigenvalue weighted by Gasteiger charge is -2.34. The molecule has 3 aromatic carbocycles. The van der Waals surface area contributed by atoms with Crippen molar-refractivity contribution in [2.45, 2.75) is 43.8 Å². The van der Waals surface area contributed by atoms with Crippen LogP contribution in [0.2, 0.25) is 0 Å². The third-order valence-corrected chi connectivity index (χ3v) is 9.47. The van der Waals surface area contributed by atoms with E-state index in [0.717, 1.165) is 28.4 Å². The summed E-state index contributed by atoms with van der Waals surface area (Å²) in [5.41, 5.74) is 3.98. The number of amides is 1. The van der Waals surface area contributed by atoms with E-state index in [-0.39, 0.29) is 23.0 Å². The number of fused-ring (bicyclic) bond motifs is 2. The van der Waals surface area contributed by atoms with Gasteiger partial charge in [0.2, 0.25) is 10.0 Å². The van der Waals surface area contributed by atoms with Crippen LogP contribution < -0.4 is 5.32 Å². The molecular weight excluding hydrogens is 482 g/mol. The maximum atomic E-state index is 13.1. The molecule has 1 saturated heterocycles. The smallest absolute Gasteiger partial charge is 0.257 e. The lowest BCUT2D eigenvalue weighted by atomic mass is 10.0. The summed E-state index contributed by atoms with van der Waals surface area (Å²) >= 11 is 1.46. The molecule has 9 heteroatoms. The van der Waals surface area contributed by atoms with Gasteiger partial charge in [-0.3, -0.25) is 10.1 Å². The molecule has 4 aromatic rings. The second-order valence-corrected chi connectivity index (χ2v) is 12.3. The molecule has 180 valence electrons. The van der Waals surface area contributed by atoms with Gasteiger partial charge >= 0.3 is 0 Å². The van der Waals surface area contributed by atoms with E-state index in [2.05, 4.69) is 29.6 Å². The van der Waals surface area contributed by atoms with Gasteiger partial charge in [-0.1, -0.05) is 29.5 Å². The fourth-order valence-electron chi connectivity index (χ4n) is 5.18. The third-order valence-electron chi connectivity index (χ3n) is 6.71. The number of carbonyl (C=O) groups is 1. The highest BCUT2D eigenvalue weighted by Gasteiger charge is 2.32. The minimum atomic E-state index is -3.66. The number of aromatic nitrogens is 1. The maximum Gasteiger partial charge on any atom is 0.257 e.